The van der Waals surface area contributed by atoms with Crippen molar-refractivity contribution in [2.45, 2.75) is 37.8 Å². The Hall–Kier alpha value is -1.69. The van der Waals surface area contributed by atoms with E-state index in [1.165, 1.54) is 20.9 Å². The number of hydrogen-bond donors (Lipinski definition) is 1. The third-order valence-corrected chi connectivity index (χ3v) is 6.71. The summed E-state index contributed by atoms with van der Waals surface area (Å²) in [6, 6.07) is 12.4. The molecular formula is C20H24N2O2S. The van der Waals surface area contributed by atoms with E-state index < -0.39 is 6.04 Å². The van der Waals surface area contributed by atoms with Gasteiger partial charge >= 0.3 is 0 Å². The maximum Gasteiger partial charge on any atom is 0.239 e. The van der Waals surface area contributed by atoms with E-state index in [-0.39, 0.29) is 11.5 Å². The first-order valence-electron chi connectivity index (χ1n) is 8.96. The number of nitrogens with zero attached hydrogens (tertiary/aromatic N) is 1. The first kappa shape index (κ1) is 16.8. The van der Waals surface area contributed by atoms with Crippen LogP contribution in [0, 0.1) is 0 Å². The van der Waals surface area contributed by atoms with Crippen molar-refractivity contribution in [3.63, 3.8) is 0 Å². The fourth-order valence-corrected chi connectivity index (χ4v) is 5.33. The molecule has 1 amide bonds. The van der Waals surface area contributed by atoms with Crippen LogP contribution in [0.25, 0.3) is 10.4 Å². The van der Waals surface area contributed by atoms with Crippen molar-refractivity contribution in [2.75, 3.05) is 19.7 Å². The molecule has 3 heterocycles. The van der Waals surface area contributed by atoms with Gasteiger partial charge in [0.05, 0.1) is 12.6 Å². The summed E-state index contributed by atoms with van der Waals surface area (Å²) in [4.78, 5) is 16.7. The summed E-state index contributed by atoms with van der Waals surface area (Å²) in [5.74, 6) is 0.0436. The van der Waals surface area contributed by atoms with E-state index >= 15 is 0 Å². The maximum atomic E-state index is 12.2. The number of hydrogen-bond acceptors (Lipinski definition) is 4. The molecule has 1 spiro atoms. The molecule has 2 aliphatic heterocycles. The molecule has 4 nitrogen and oxygen atoms in total. The van der Waals surface area contributed by atoms with Gasteiger partial charge in [0.1, 0.15) is 5.60 Å². The highest BCUT2D eigenvalue weighted by Crippen LogP contribution is 2.47. The second-order valence-electron chi connectivity index (χ2n) is 7.04. The number of likely N-dealkylation sites (tertiary alicyclic amines) is 1. The highest BCUT2D eigenvalue weighted by atomic mass is 32.1. The zero-order valence-corrected chi connectivity index (χ0v) is 15.3. The van der Waals surface area contributed by atoms with Crippen LogP contribution in [0.5, 0.6) is 0 Å². The number of ether oxygens (including phenoxy) is 1. The van der Waals surface area contributed by atoms with Gasteiger partial charge in [0.2, 0.25) is 5.91 Å². The zero-order valence-electron chi connectivity index (χ0n) is 14.5. The molecule has 2 aliphatic rings. The second-order valence-corrected chi connectivity index (χ2v) is 8.09. The normalized spacial score (nSPS) is 20.3. The first-order chi connectivity index (χ1) is 12.1. The maximum absolute atomic E-state index is 12.2. The number of fused-ring (bicyclic) bond motifs is 2. The monoisotopic (exact) mass is 356 g/mol. The summed E-state index contributed by atoms with van der Waals surface area (Å²) < 4.78 is 6.31. The Kier molecular flexibility index (Phi) is 4.40. The van der Waals surface area contributed by atoms with E-state index in [0.29, 0.717) is 0 Å². The average molecular weight is 356 g/mol. The van der Waals surface area contributed by atoms with Gasteiger partial charge in [-0.05, 0) is 43.4 Å². The van der Waals surface area contributed by atoms with Gasteiger partial charge in [0, 0.05) is 22.8 Å². The number of thiophene rings is 1. The predicted octanol–water partition coefficient (Wildman–Crippen LogP) is 3.15. The first-order valence-corrected chi connectivity index (χ1v) is 9.78. The Morgan fingerprint density at radius 1 is 1.28 bits per heavy atom. The summed E-state index contributed by atoms with van der Waals surface area (Å²) in [5.41, 5.74) is 8.22. The quantitative estimate of drug-likeness (QED) is 0.899. The summed E-state index contributed by atoms with van der Waals surface area (Å²) in [6.07, 6.45) is 2.68. The van der Waals surface area contributed by atoms with Crippen LogP contribution >= 0.6 is 11.3 Å². The molecule has 0 saturated carbocycles. The van der Waals surface area contributed by atoms with Crippen molar-refractivity contribution in [1.29, 1.82) is 0 Å². The van der Waals surface area contributed by atoms with E-state index in [1.54, 1.807) is 6.92 Å². The molecule has 0 unspecified atom stereocenters. The Bertz CT molecular complexity index is 761. The van der Waals surface area contributed by atoms with Crippen LogP contribution in [-0.2, 0) is 21.6 Å². The second kappa shape index (κ2) is 6.56. The van der Waals surface area contributed by atoms with Crippen LogP contribution in [0.4, 0.5) is 0 Å². The molecule has 1 fully saturated rings. The van der Waals surface area contributed by atoms with E-state index in [2.05, 4.69) is 30.3 Å². The standard InChI is InChI=1S/C20H24N2O2S/c1-14(21)19(23)22-10-8-20(9-11-22)18-16(7-12-24-20)13-17(25-18)15-5-3-2-4-6-15/h2-6,13-14H,7-12,21H2,1H3/t14-/m1/s1. The van der Waals surface area contributed by atoms with Gasteiger partial charge in [-0.3, -0.25) is 4.79 Å². The minimum absolute atomic E-state index is 0.0436. The molecule has 1 saturated heterocycles. The van der Waals surface area contributed by atoms with E-state index in [1.807, 2.05) is 22.3 Å². The molecule has 4 rings (SSSR count). The number of nitrogens with two attached hydrogens (primary N) is 1. The smallest absolute Gasteiger partial charge is 0.239 e. The van der Waals surface area contributed by atoms with Gasteiger partial charge < -0.3 is 15.4 Å². The summed E-state index contributed by atoms with van der Waals surface area (Å²) >= 11 is 1.86. The average Bonchev–Trinajstić information content (AvgIpc) is 3.09. The predicted molar refractivity (Wildman–Crippen MR) is 101 cm³/mol. The van der Waals surface area contributed by atoms with Gasteiger partial charge in [-0.2, -0.15) is 0 Å². The highest BCUT2D eigenvalue weighted by molar-refractivity contribution is 7.15. The van der Waals surface area contributed by atoms with Gasteiger partial charge in [0.15, 0.2) is 0 Å². The molecular weight excluding hydrogens is 332 g/mol. The van der Waals surface area contributed by atoms with Crippen LogP contribution in [0.2, 0.25) is 0 Å². The van der Waals surface area contributed by atoms with Gasteiger partial charge in [0.25, 0.3) is 0 Å². The van der Waals surface area contributed by atoms with Crippen LogP contribution in [0.1, 0.15) is 30.2 Å². The van der Waals surface area contributed by atoms with Gasteiger partial charge in [-0.15, -0.1) is 11.3 Å². The summed E-state index contributed by atoms with van der Waals surface area (Å²) in [5, 5.41) is 0. The lowest BCUT2D eigenvalue weighted by Crippen LogP contribution is -2.51. The van der Waals surface area contributed by atoms with Crippen LogP contribution < -0.4 is 5.73 Å². The molecule has 25 heavy (non-hydrogen) atoms. The Labute approximate surface area is 152 Å². The Balaban J connectivity index is 1.60. The Morgan fingerprint density at radius 2 is 2.00 bits per heavy atom. The van der Waals surface area contributed by atoms with E-state index in [0.717, 1.165) is 39.0 Å². The molecule has 1 aromatic heterocycles. The lowest BCUT2D eigenvalue weighted by Gasteiger charge is -2.44. The summed E-state index contributed by atoms with van der Waals surface area (Å²) in [6.45, 7) is 3.96. The third-order valence-electron chi connectivity index (χ3n) is 5.30. The molecule has 0 radical (unpaired) electrons. The fraction of sp³-hybridized carbons (Fsp3) is 0.450. The fourth-order valence-electron chi connectivity index (χ4n) is 3.91. The van der Waals surface area contributed by atoms with Crippen molar-refractivity contribution >= 4 is 17.2 Å². The van der Waals surface area contributed by atoms with Crippen molar-refractivity contribution in [1.82, 2.24) is 4.90 Å². The molecule has 5 heteroatoms. The summed E-state index contributed by atoms with van der Waals surface area (Å²) in [7, 11) is 0. The topological polar surface area (TPSA) is 55.6 Å². The zero-order chi connectivity index (χ0) is 17.4. The molecule has 0 aliphatic carbocycles. The highest BCUT2D eigenvalue weighted by Gasteiger charge is 2.43. The minimum Gasteiger partial charge on any atom is -0.369 e. The molecule has 1 atom stereocenters. The minimum atomic E-state index is -0.427. The lowest BCUT2D eigenvalue weighted by atomic mass is 9.85. The van der Waals surface area contributed by atoms with Crippen LogP contribution in [0.3, 0.4) is 0 Å². The Morgan fingerprint density at radius 3 is 2.68 bits per heavy atom. The molecule has 2 N–H and O–H groups in total. The van der Waals surface area contributed by atoms with Crippen LogP contribution in [0.15, 0.2) is 36.4 Å². The lowest BCUT2D eigenvalue weighted by molar-refractivity contribution is -0.141. The number of piperidine rings is 1. The number of amides is 1. The SMILES string of the molecule is C[C@@H](N)C(=O)N1CCC2(CC1)OCCc1cc(-c3ccccc3)sc12. The third kappa shape index (κ3) is 3.01. The largest absolute Gasteiger partial charge is 0.369 e. The van der Waals surface area contributed by atoms with Crippen molar-refractivity contribution in [2.24, 2.45) is 5.73 Å². The van der Waals surface area contributed by atoms with E-state index in [9.17, 15) is 4.79 Å². The molecule has 0 bridgehead atoms. The number of carbonyl (C=O) groups excluding carboxylic acids is 1. The van der Waals surface area contributed by atoms with Crippen LogP contribution in [-0.4, -0.2) is 36.5 Å². The van der Waals surface area contributed by atoms with E-state index in [4.69, 9.17) is 10.5 Å². The molecule has 132 valence electrons. The molecule has 2 aromatic rings. The number of benzene rings is 1. The van der Waals surface area contributed by atoms with Crippen molar-refractivity contribution in [3.8, 4) is 10.4 Å². The van der Waals surface area contributed by atoms with Gasteiger partial charge in [-0.25, -0.2) is 0 Å². The van der Waals surface area contributed by atoms with Gasteiger partial charge in [-0.1, -0.05) is 30.3 Å². The van der Waals surface area contributed by atoms with Crippen molar-refractivity contribution < 1.29 is 9.53 Å². The number of rotatable bonds is 2. The molecule has 1 aromatic carbocycles. The van der Waals surface area contributed by atoms with Crippen molar-refractivity contribution in [3.05, 3.63) is 46.8 Å². The number of carbonyl (C=O) groups is 1.